The zero-order valence-corrected chi connectivity index (χ0v) is 11.0. The maximum Gasteiger partial charge on any atom is 0.130 e. The molecule has 1 aromatic carbocycles. The normalized spacial score (nSPS) is 12.8. The summed E-state index contributed by atoms with van der Waals surface area (Å²) in [5.41, 5.74) is 0.121. The van der Waals surface area contributed by atoms with Gasteiger partial charge in [0, 0.05) is 22.4 Å². The number of halogens is 2. The minimum absolute atomic E-state index is 0.113. The third kappa shape index (κ3) is 4.77. The van der Waals surface area contributed by atoms with Crippen LogP contribution in [0.2, 0.25) is 5.02 Å². The van der Waals surface area contributed by atoms with Crippen molar-refractivity contribution in [2.24, 2.45) is 5.41 Å². The van der Waals surface area contributed by atoms with Gasteiger partial charge in [-0.3, -0.25) is 0 Å². The predicted molar refractivity (Wildman–Crippen MR) is 68.2 cm³/mol. The van der Waals surface area contributed by atoms with E-state index in [2.05, 4.69) is 11.8 Å². The van der Waals surface area contributed by atoms with E-state index in [9.17, 15) is 9.50 Å². The van der Waals surface area contributed by atoms with Crippen molar-refractivity contribution in [1.82, 2.24) is 0 Å². The molecular weight excluding hydrogens is 239 g/mol. The zero-order valence-electron chi connectivity index (χ0n) is 10.2. The van der Waals surface area contributed by atoms with Crippen LogP contribution in [-0.4, -0.2) is 5.11 Å². The van der Waals surface area contributed by atoms with Gasteiger partial charge in [-0.05, 0) is 32.9 Å². The molecule has 0 aliphatic rings. The summed E-state index contributed by atoms with van der Waals surface area (Å²) in [7, 11) is 0. The van der Waals surface area contributed by atoms with Gasteiger partial charge in [0.25, 0.3) is 0 Å². The van der Waals surface area contributed by atoms with Crippen molar-refractivity contribution in [3.05, 3.63) is 34.6 Å². The first kappa shape index (κ1) is 14.0. The molecule has 0 amide bonds. The van der Waals surface area contributed by atoms with E-state index in [1.807, 2.05) is 20.8 Å². The highest BCUT2D eigenvalue weighted by Crippen LogP contribution is 2.22. The number of hydrogen-bond donors (Lipinski definition) is 1. The fourth-order valence-electron chi connectivity index (χ4n) is 1.29. The summed E-state index contributed by atoms with van der Waals surface area (Å²) in [6, 6.07) is 4.23. The Bertz CT molecular complexity index is 452. The Kier molecular flexibility index (Phi) is 4.56. The molecule has 17 heavy (non-hydrogen) atoms. The fourth-order valence-corrected chi connectivity index (χ4v) is 1.45. The van der Waals surface area contributed by atoms with E-state index >= 15 is 0 Å². The summed E-state index contributed by atoms with van der Waals surface area (Å²) < 4.78 is 13.5. The largest absolute Gasteiger partial charge is 0.387 e. The molecule has 1 rings (SSSR count). The quantitative estimate of drug-likeness (QED) is 0.793. The van der Waals surface area contributed by atoms with Crippen LogP contribution in [0.5, 0.6) is 0 Å². The van der Waals surface area contributed by atoms with E-state index in [-0.39, 0.29) is 17.4 Å². The van der Waals surface area contributed by atoms with E-state index in [4.69, 9.17) is 11.6 Å². The molecule has 1 atom stereocenters. The average Bonchev–Trinajstić information content (AvgIpc) is 2.15. The fraction of sp³-hybridized carbons (Fsp3) is 0.429. The van der Waals surface area contributed by atoms with Gasteiger partial charge in [0.15, 0.2) is 0 Å². The minimum Gasteiger partial charge on any atom is -0.387 e. The van der Waals surface area contributed by atoms with Crippen LogP contribution in [0.25, 0.3) is 0 Å². The summed E-state index contributed by atoms with van der Waals surface area (Å²) in [5, 5.41) is 10.1. The van der Waals surface area contributed by atoms with Crippen LogP contribution in [0, 0.1) is 23.1 Å². The van der Waals surface area contributed by atoms with Gasteiger partial charge < -0.3 is 5.11 Å². The van der Waals surface area contributed by atoms with Gasteiger partial charge in [0.1, 0.15) is 5.82 Å². The second kappa shape index (κ2) is 5.53. The first-order valence-corrected chi connectivity index (χ1v) is 5.80. The number of rotatable bonds is 2. The van der Waals surface area contributed by atoms with Gasteiger partial charge in [-0.1, -0.05) is 29.5 Å². The summed E-state index contributed by atoms with van der Waals surface area (Å²) >= 11 is 5.64. The molecule has 0 saturated heterocycles. The highest BCUT2D eigenvalue weighted by molar-refractivity contribution is 6.30. The molecule has 92 valence electrons. The molecule has 0 aliphatic carbocycles. The lowest BCUT2D eigenvalue weighted by molar-refractivity contribution is 0.179. The third-order valence-electron chi connectivity index (χ3n) is 2.08. The standard InChI is InChI=1S/C14H16ClFO/c1-14(2,3)8-4-5-13(17)11-7-6-10(15)9-12(11)16/h6-7,9,13,17H,5H2,1-3H3. The van der Waals surface area contributed by atoms with E-state index < -0.39 is 11.9 Å². The maximum absolute atomic E-state index is 13.5. The monoisotopic (exact) mass is 254 g/mol. The Hall–Kier alpha value is -1.04. The van der Waals surface area contributed by atoms with E-state index in [1.165, 1.54) is 12.1 Å². The lowest BCUT2D eigenvalue weighted by atomic mass is 9.97. The Morgan fingerprint density at radius 1 is 1.41 bits per heavy atom. The lowest BCUT2D eigenvalue weighted by Crippen LogP contribution is -2.02. The van der Waals surface area contributed by atoms with Crippen molar-refractivity contribution in [2.45, 2.75) is 33.3 Å². The average molecular weight is 255 g/mol. The Morgan fingerprint density at radius 3 is 2.59 bits per heavy atom. The van der Waals surface area contributed by atoms with Crippen molar-refractivity contribution in [2.75, 3.05) is 0 Å². The molecule has 0 heterocycles. The van der Waals surface area contributed by atoms with Crippen molar-refractivity contribution >= 4 is 11.6 Å². The summed E-state index contributed by atoms with van der Waals surface area (Å²) in [4.78, 5) is 0. The molecule has 0 spiro atoms. The van der Waals surface area contributed by atoms with Crippen molar-refractivity contribution in [3.8, 4) is 11.8 Å². The number of hydrogen-bond acceptors (Lipinski definition) is 1. The van der Waals surface area contributed by atoms with Gasteiger partial charge in [-0.2, -0.15) is 0 Å². The highest BCUT2D eigenvalue weighted by atomic mass is 35.5. The molecule has 1 unspecified atom stereocenters. The van der Waals surface area contributed by atoms with Crippen LogP contribution in [0.1, 0.15) is 38.9 Å². The maximum atomic E-state index is 13.5. The molecule has 0 aromatic heterocycles. The number of aliphatic hydroxyl groups is 1. The Morgan fingerprint density at radius 2 is 2.06 bits per heavy atom. The van der Waals surface area contributed by atoms with Gasteiger partial charge in [0.05, 0.1) is 6.10 Å². The number of benzene rings is 1. The molecule has 1 aromatic rings. The van der Waals surface area contributed by atoms with Gasteiger partial charge in [-0.15, -0.1) is 0 Å². The second-order valence-electron chi connectivity index (χ2n) is 4.94. The Balaban J connectivity index is 2.76. The first-order chi connectivity index (χ1) is 7.79. The minimum atomic E-state index is -0.915. The van der Waals surface area contributed by atoms with Crippen molar-refractivity contribution in [3.63, 3.8) is 0 Å². The second-order valence-corrected chi connectivity index (χ2v) is 5.37. The molecule has 0 aliphatic heterocycles. The highest BCUT2D eigenvalue weighted by Gasteiger charge is 2.12. The van der Waals surface area contributed by atoms with E-state index in [0.717, 1.165) is 0 Å². The summed E-state index contributed by atoms with van der Waals surface area (Å²) in [5.74, 6) is 5.36. The van der Waals surface area contributed by atoms with E-state index in [0.29, 0.717) is 5.02 Å². The molecule has 0 radical (unpaired) electrons. The summed E-state index contributed by atoms with van der Waals surface area (Å²) in [6.07, 6.45) is -0.697. The molecule has 0 saturated carbocycles. The molecule has 3 heteroatoms. The lowest BCUT2D eigenvalue weighted by Gasteiger charge is -2.10. The van der Waals surface area contributed by atoms with Crippen LogP contribution in [0.15, 0.2) is 18.2 Å². The van der Waals surface area contributed by atoms with E-state index in [1.54, 1.807) is 6.07 Å². The zero-order chi connectivity index (χ0) is 13.1. The van der Waals surface area contributed by atoms with Crippen LogP contribution in [0.4, 0.5) is 4.39 Å². The van der Waals surface area contributed by atoms with Crippen molar-refractivity contribution in [1.29, 1.82) is 0 Å². The smallest absolute Gasteiger partial charge is 0.130 e. The SMILES string of the molecule is CC(C)(C)C#CCC(O)c1ccc(Cl)cc1F. The topological polar surface area (TPSA) is 20.2 Å². The molecule has 0 fully saturated rings. The van der Waals surface area contributed by atoms with Gasteiger partial charge >= 0.3 is 0 Å². The van der Waals surface area contributed by atoms with Gasteiger partial charge in [0.2, 0.25) is 0 Å². The Labute approximate surface area is 107 Å². The molecule has 1 nitrogen and oxygen atoms in total. The molecular formula is C14H16ClFO. The van der Waals surface area contributed by atoms with Crippen LogP contribution >= 0.6 is 11.6 Å². The number of aliphatic hydroxyl groups excluding tert-OH is 1. The van der Waals surface area contributed by atoms with Crippen LogP contribution in [-0.2, 0) is 0 Å². The van der Waals surface area contributed by atoms with Gasteiger partial charge in [-0.25, -0.2) is 4.39 Å². The summed E-state index contributed by atoms with van der Waals surface area (Å²) in [6.45, 7) is 5.94. The van der Waals surface area contributed by atoms with Crippen LogP contribution < -0.4 is 0 Å². The first-order valence-electron chi connectivity index (χ1n) is 5.42. The molecule has 0 bridgehead atoms. The third-order valence-corrected chi connectivity index (χ3v) is 2.32. The molecule has 1 N–H and O–H groups in total. The predicted octanol–water partition coefficient (Wildman–Crippen LogP) is 3.95. The van der Waals surface area contributed by atoms with Crippen LogP contribution in [0.3, 0.4) is 0 Å². The van der Waals surface area contributed by atoms with Crippen molar-refractivity contribution < 1.29 is 9.50 Å².